The maximum Gasteiger partial charge on any atom is 0.410 e. The minimum atomic E-state index is -0.803. The van der Waals surface area contributed by atoms with Crippen molar-refractivity contribution >= 4 is 17.7 Å². The van der Waals surface area contributed by atoms with E-state index < -0.39 is 17.6 Å². The molecule has 2 aliphatic heterocycles. The third kappa shape index (κ3) is 3.79. The molecule has 2 atom stereocenters. The molecule has 1 fully saturated rings. The molecule has 1 aromatic rings. The van der Waals surface area contributed by atoms with E-state index in [-0.39, 0.29) is 17.9 Å². The fourth-order valence-corrected chi connectivity index (χ4v) is 3.66. The first-order valence-electron chi connectivity index (χ1n) is 8.82. The second-order valence-electron chi connectivity index (χ2n) is 7.85. The van der Waals surface area contributed by atoms with Crippen LogP contribution in [0.25, 0.3) is 0 Å². The molecular formula is C19H26N2O4. The smallest absolute Gasteiger partial charge is 0.410 e. The van der Waals surface area contributed by atoms with Crippen LogP contribution in [0.5, 0.6) is 0 Å². The van der Waals surface area contributed by atoms with E-state index in [0.717, 1.165) is 5.56 Å². The Morgan fingerprint density at radius 3 is 2.52 bits per heavy atom. The summed E-state index contributed by atoms with van der Waals surface area (Å²) in [5.41, 5.74) is 0.931. The molecule has 1 saturated heterocycles. The van der Waals surface area contributed by atoms with Gasteiger partial charge in [0.25, 0.3) is 0 Å². The summed E-state index contributed by atoms with van der Waals surface area (Å²) in [4.78, 5) is 26.3. The number of carbonyl (C=O) groups is 2. The molecule has 2 heterocycles. The Balaban J connectivity index is 1.65. The summed E-state index contributed by atoms with van der Waals surface area (Å²) in [5.74, 6) is -0.570. The molecule has 3 rings (SSSR count). The Morgan fingerprint density at radius 2 is 1.88 bits per heavy atom. The molecule has 25 heavy (non-hydrogen) atoms. The molecule has 0 aromatic heterocycles. The Kier molecular flexibility index (Phi) is 4.73. The Labute approximate surface area is 148 Å². The summed E-state index contributed by atoms with van der Waals surface area (Å²) in [6, 6.07) is 7.35. The van der Waals surface area contributed by atoms with E-state index in [1.807, 2.05) is 39.0 Å². The quantitative estimate of drug-likeness (QED) is 0.819. The van der Waals surface area contributed by atoms with Crippen LogP contribution in [0.3, 0.4) is 0 Å². The topological polar surface area (TPSA) is 78.9 Å². The third-order valence-corrected chi connectivity index (χ3v) is 4.88. The van der Waals surface area contributed by atoms with Crippen LogP contribution in [0.4, 0.5) is 10.5 Å². The van der Waals surface area contributed by atoms with Crippen LogP contribution in [0.2, 0.25) is 0 Å². The first-order valence-corrected chi connectivity index (χ1v) is 8.82. The minimum Gasteiger partial charge on any atom is -0.444 e. The Hall–Kier alpha value is -2.08. The summed E-state index contributed by atoms with van der Waals surface area (Å²) < 4.78 is 5.40. The fraction of sp³-hybridized carbons (Fsp3) is 0.579. The standard InChI is InChI=1S/C19H26N2O4/c1-19(2,3)25-18(24)21-10-8-12(9-11-21)15-16(22)13-6-4-5-7-14(13)20-17(15)23/h4-7,12,15-16,22H,8-11H2,1-3H3,(H,20,23)/t15-,16-/m0/s1. The predicted molar refractivity (Wildman–Crippen MR) is 94.1 cm³/mol. The summed E-state index contributed by atoms with van der Waals surface area (Å²) in [6.07, 6.45) is 0.237. The number of carbonyl (C=O) groups excluding carboxylic acids is 2. The van der Waals surface area contributed by atoms with Crippen molar-refractivity contribution in [2.24, 2.45) is 11.8 Å². The number of amides is 2. The molecule has 0 bridgehead atoms. The second kappa shape index (κ2) is 6.67. The van der Waals surface area contributed by atoms with E-state index >= 15 is 0 Å². The van der Waals surface area contributed by atoms with Gasteiger partial charge in [0.15, 0.2) is 0 Å². The number of anilines is 1. The summed E-state index contributed by atoms with van der Waals surface area (Å²) in [7, 11) is 0. The molecule has 2 aliphatic rings. The lowest BCUT2D eigenvalue weighted by Crippen LogP contribution is -2.46. The fourth-order valence-electron chi connectivity index (χ4n) is 3.66. The number of nitrogens with one attached hydrogen (secondary N) is 1. The van der Waals surface area contributed by atoms with Crippen LogP contribution in [0.15, 0.2) is 24.3 Å². The van der Waals surface area contributed by atoms with Gasteiger partial charge in [-0.1, -0.05) is 18.2 Å². The van der Waals surface area contributed by atoms with Gasteiger partial charge in [0.05, 0.1) is 12.0 Å². The van der Waals surface area contributed by atoms with Gasteiger partial charge < -0.3 is 20.1 Å². The molecule has 2 amide bonds. The molecule has 6 nitrogen and oxygen atoms in total. The van der Waals surface area contributed by atoms with Gasteiger partial charge in [-0.25, -0.2) is 4.79 Å². The molecule has 0 saturated carbocycles. The monoisotopic (exact) mass is 346 g/mol. The van der Waals surface area contributed by atoms with Crippen molar-refractivity contribution in [1.82, 2.24) is 4.90 Å². The van der Waals surface area contributed by atoms with Crippen molar-refractivity contribution in [3.63, 3.8) is 0 Å². The number of aliphatic hydroxyl groups excluding tert-OH is 1. The molecule has 0 unspecified atom stereocenters. The van der Waals surface area contributed by atoms with E-state index in [4.69, 9.17) is 4.74 Å². The van der Waals surface area contributed by atoms with Crippen LogP contribution >= 0.6 is 0 Å². The first kappa shape index (κ1) is 17.7. The Bertz CT molecular complexity index is 660. The molecule has 2 N–H and O–H groups in total. The lowest BCUT2D eigenvalue weighted by Gasteiger charge is -2.39. The van der Waals surface area contributed by atoms with Crippen molar-refractivity contribution < 1.29 is 19.4 Å². The molecule has 0 spiro atoms. The average molecular weight is 346 g/mol. The predicted octanol–water partition coefficient (Wildman–Crippen LogP) is 2.94. The summed E-state index contributed by atoms with van der Waals surface area (Å²) in [5, 5.41) is 13.6. The van der Waals surface area contributed by atoms with Crippen LogP contribution < -0.4 is 5.32 Å². The highest BCUT2D eigenvalue weighted by Gasteiger charge is 2.41. The van der Waals surface area contributed by atoms with E-state index in [1.165, 1.54) is 0 Å². The van der Waals surface area contributed by atoms with E-state index in [0.29, 0.717) is 31.6 Å². The number of benzene rings is 1. The van der Waals surface area contributed by atoms with Crippen molar-refractivity contribution in [1.29, 1.82) is 0 Å². The molecule has 0 radical (unpaired) electrons. The van der Waals surface area contributed by atoms with Gasteiger partial charge in [0.2, 0.25) is 5.91 Å². The molecular weight excluding hydrogens is 320 g/mol. The maximum absolute atomic E-state index is 12.5. The maximum atomic E-state index is 12.5. The van der Waals surface area contributed by atoms with Crippen LogP contribution in [0.1, 0.15) is 45.3 Å². The van der Waals surface area contributed by atoms with Gasteiger partial charge in [-0.15, -0.1) is 0 Å². The largest absolute Gasteiger partial charge is 0.444 e. The number of ether oxygens (including phenoxy) is 1. The van der Waals surface area contributed by atoms with E-state index in [1.54, 1.807) is 11.0 Å². The number of hydrogen-bond donors (Lipinski definition) is 2. The van der Waals surface area contributed by atoms with Gasteiger partial charge in [0.1, 0.15) is 5.60 Å². The lowest BCUT2D eigenvalue weighted by atomic mass is 9.76. The number of likely N-dealkylation sites (tertiary alicyclic amines) is 1. The van der Waals surface area contributed by atoms with E-state index in [9.17, 15) is 14.7 Å². The van der Waals surface area contributed by atoms with Gasteiger partial charge in [-0.2, -0.15) is 0 Å². The molecule has 136 valence electrons. The second-order valence-corrected chi connectivity index (χ2v) is 7.85. The van der Waals surface area contributed by atoms with Crippen molar-refractivity contribution in [2.75, 3.05) is 18.4 Å². The lowest BCUT2D eigenvalue weighted by molar-refractivity contribution is -0.127. The first-order chi connectivity index (χ1) is 11.8. The van der Waals surface area contributed by atoms with Crippen molar-refractivity contribution in [3.05, 3.63) is 29.8 Å². The molecule has 0 aliphatic carbocycles. The highest BCUT2D eigenvalue weighted by molar-refractivity contribution is 5.96. The molecule has 1 aromatic carbocycles. The summed E-state index contributed by atoms with van der Waals surface area (Å²) in [6.45, 7) is 6.61. The van der Waals surface area contributed by atoms with Gasteiger partial charge in [-0.3, -0.25) is 4.79 Å². The highest BCUT2D eigenvalue weighted by atomic mass is 16.6. The zero-order chi connectivity index (χ0) is 18.2. The number of piperidine rings is 1. The molecule has 6 heteroatoms. The number of hydrogen-bond acceptors (Lipinski definition) is 4. The number of nitrogens with zero attached hydrogens (tertiary/aromatic N) is 1. The zero-order valence-electron chi connectivity index (χ0n) is 15.0. The zero-order valence-corrected chi connectivity index (χ0v) is 15.0. The van der Waals surface area contributed by atoms with E-state index in [2.05, 4.69) is 5.32 Å². The van der Waals surface area contributed by atoms with Crippen LogP contribution in [0, 0.1) is 11.8 Å². The number of fused-ring (bicyclic) bond motifs is 1. The van der Waals surface area contributed by atoms with Crippen molar-refractivity contribution in [3.8, 4) is 0 Å². The number of rotatable bonds is 1. The summed E-state index contributed by atoms with van der Waals surface area (Å²) >= 11 is 0. The normalized spacial score (nSPS) is 24.5. The third-order valence-electron chi connectivity index (χ3n) is 4.88. The van der Waals surface area contributed by atoms with Gasteiger partial charge >= 0.3 is 6.09 Å². The number of para-hydroxylation sites is 1. The van der Waals surface area contributed by atoms with Crippen LogP contribution in [-0.2, 0) is 9.53 Å². The highest BCUT2D eigenvalue weighted by Crippen LogP contribution is 2.41. The minimum absolute atomic E-state index is 0.0436. The number of aliphatic hydroxyl groups is 1. The van der Waals surface area contributed by atoms with Gasteiger partial charge in [0, 0.05) is 24.3 Å². The Morgan fingerprint density at radius 1 is 1.24 bits per heavy atom. The average Bonchev–Trinajstić information content (AvgIpc) is 2.54. The van der Waals surface area contributed by atoms with Crippen LogP contribution in [-0.4, -0.2) is 40.7 Å². The van der Waals surface area contributed by atoms with Gasteiger partial charge in [-0.05, 0) is 45.6 Å². The SMILES string of the molecule is CC(C)(C)OC(=O)N1CCC([C@@H]2C(=O)Nc3ccccc3[C@@H]2O)CC1. The van der Waals surface area contributed by atoms with Crippen molar-refractivity contribution in [2.45, 2.75) is 45.3 Å².